The fourth-order valence-electron chi connectivity index (χ4n) is 2.10. The van der Waals surface area contributed by atoms with Gasteiger partial charge in [0.25, 0.3) is 0 Å². The fraction of sp³-hybridized carbons (Fsp3) is 0.938. The van der Waals surface area contributed by atoms with Crippen LogP contribution in [0.2, 0.25) is 0 Å². The smallest absolute Gasteiger partial charge is 0.0621 e. The lowest BCUT2D eigenvalue weighted by atomic mass is 10.2. The minimum Gasteiger partial charge on any atom is -0.385 e. The molecule has 0 spiro atoms. The van der Waals surface area contributed by atoms with Crippen LogP contribution in [-0.2, 0) is 9.47 Å². The molecule has 0 aromatic heterocycles. The summed E-state index contributed by atoms with van der Waals surface area (Å²) in [5.41, 5.74) is 0. The van der Waals surface area contributed by atoms with E-state index in [2.05, 4.69) is 16.3 Å². The molecular weight excluding hydrogens is 266 g/mol. The van der Waals surface area contributed by atoms with Gasteiger partial charge in [-0.15, -0.1) is 0 Å². The lowest BCUT2D eigenvalue weighted by Gasteiger charge is -2.22. The van der Waals surface area contributed by atoms with E-state index < -0.39 is 0 Å². The summed E-state index contributed by atoms with van der Waals surface area (Å²) in [6, 6.07) is 2.20. The number of nitrogens with one attached hydrogen (secondary N) is 1. The molecule has 0 rings (SSSR count). The van der Waals surface area contributed by atoms with Crippen molar-refractivity contribution in [2.24, 2.45) is 0 Å². The molecule has 0 aliphatic carbocycles. The standard InChI is InChI=1S/C16H33N3O2/c1-18-10-15-21-16-13-19(12-7-8-14-20-2)11-6-4-3-5-9-17/h18H,3-8,10-16H2,1-2H3. The van der Waals surface area contributed by atoms with Crippen molar-refractivity contribution in [3.63, 3.8) is 0 Å². The summed E-state index contributed by atoms with van der Waals surface area (Å²) in [7, 11) is 3.69. The Morgan fingerprint density at radius 1 is 0.952 bits per heavy atom. The molecule has 0 fully saturated rings. The number of likely N-dealkylation sites (N-methyl/N-ethyl adjacent to an activating group) is 1. The summed E-state index contributed by atoms with van der Waals surface area (Å²) < 4.78 is 10.7. The maximum atomic E-state index is 8.53. The largest absolute Gasteiger partial charge is 0.385 e. The maximum Gasteiger partial charge on any atom is 0.0621 e. The Kier molecular flexibility index (Phi) is 16.8. The van der Waals surface area contributed by atoms with Crippen molar-refractivity contribution in [2.75, 3.05) is 60.2 Å². The molecule has 0 atom stereocenters. The summed E-state index contributed by atoms with van der Waals surface area (Å²) in [5.74, 6) is 0. The van der Waals surface area contributed by atoms with Gasteiger partial charge in [-0.25, -0.2) is 0 Å². The van der Waals surface area contributed by atoms with Crippen LogP contribution in [0.5, 0.6) is 0 Å². The second kappa shape index (κ2) is 17.4. The number of unbranched alkanes of at least 4 members (excludes halogenated alkanes) is 4. The van der Waals surface area contributed by atoms with Crippen LogP contribution in [-0.4, -0.2) is 65.1 Å². The Balaban J connectivity index is 3.72. The monoisotopic (exact) mass is 299 g/mol. The topological polar surface area (TPSA) is 57.5 Å². The first-order chi connectivity index (χ1) is 10.3. The molecule has 0 aliphatic heterocycles. The molecule has 0 unspecified atom stereocenters. The van der Waals surface area contributed by atoms with Crippen LogP contribution in [0.15, 0.2) is 0 Å². The first-order valence-electron chi connectivity index (χ1n) is 8.15. The normalized spacial score (nSPS) is 11.0. The molecule has 21 heavy (non-hydrogen) atoms. The van der Waals surface area contributed by atoms with Gasteiger partial charge >= 0.3 is 0 Å². The van der Waals surface area contributed by atoms with Gasteiger partial charge in [-0.3, -0.25) is 0 Å². The van der Waals surface area contributed by atoms with E-state index in [0.29, 0.717) is 6.42 Å². The van der Waals surface area contributed by atoms with Gasteiger partial charge in [-0.1, -0.05) is 6.42 Å². The summed E-state index contributed by atoms with van der Waals surface area (Å²) in [6.45, 7) is 6.52. The molecule has 0 saturated heterocycles. The Labute approximate surface area is 130 Å². The van der Waals surface area contributed by atoms with Crippen molar-refractivity contribution in [1.29, 1.82) is 5.26 Å². The van der Waals surface area contributed by atoms with Crippen LogP contribution in [0.25, 0.3) is 0 Å². The average molecular weight is 299 g/mol. The van der Waals surface area contributed by atoms with Crippen molar-refractivity contribution >= 4 is 0 Å². The van der Waals surface area contributed by atoms with E-state index in [0.717, 1.165) is 65.3 Å². The van der Waals surface area contributed by atoms with Gasteiger partial charge in [0.1, 0.15) is 0 Å². The van der Waals surface area contributed by atoms with Crippen LogP contribution in [0.4, 0.5) is 0 Å². The van der Waals surface area contributed by atoms with Gasteiger partial charge in [-0.05, 0) is 45.8 Å². The highest BCUT2D eigenvalue weighted by Crippen LogP contribution is 2.03. The molecule has 0 aliphatic rings. The Morgan fingerprint density at radius 3 is 2.38 bits per heavy atom. The number of ether oxygens (including phenoxy) is 2. The fourth-order valence-corrected chi connectivity index (χ4v) is 2.10. The van der Waals surface area contributed by atoms with Crippen molar-refractivity contribution in [3.05, 3.63) is 0 Å². The highest BCUT2D eigenvalue weighted by atomic mass is 16.5. The third-order valence-electron chi connectivity index (χ3n) is 3.38. The summed E-state index contributed by atoms with van der Waals surface area (Å²) in [6.07, 6.45) is 6.30. The third-order valence-corrected chi connectivity index (χ3v) is 3.38. The van der Waals surface area contributed by atoms with Crippen molar-refractivity contribution < 1.29 is 9.47 Å². The van der Waals surface area contributed by atoms with Crippen molar-refractivity contribution in [2.45, 2.75) is 38.5 Å². The van der Waals surface area contributed by atoms with E-state index in [9.17, 15) is 0 Å². The molecule has 5 heteroatoms. The van der Waals surface area contributed by atoms with Gasteiger partial charge in [-0.2, -0.15) is 5.26 Å². The molecule has 0 aromatic rings. The molecule has 5 nitrogen and oxygen atoms in total. The highest BCUT2D eigenvalue weighted by Gasteiger charge is 2.04. The molecule has 1 N–H and O–H groups in total. The SMILES string of the molecule is CNCCOCCN(CCCCCC#N)CCCCOC. The molecule has 0 amide bonds. The molecule has 0 radical (unpaired) electrons. The number of nitriles is 1. The zero-order valence-corrected chi connectivity index (χ0v) is 13.9. The second-order valence-corrected chi connectivity index (χ2v) is 5.23. The molecule has 0 aromatic carbocycles. The Morgan fingerprint density at radius 2 is 1.71 bits per heavy atom. The lowest BCUT2D eigenvalue weighted by Crippen LogP contribution is -2.30. The highest BCUT2D eigenvalue weighted by molar-refractivity contribution is 4.68. The van der Waals surface area contributed by atoms with Crippen molar-refractivity contribution in [3.8, 4) is 6.07 Å². The molecule has 124 valence electrons. The van der Waals surface area contributed by atoms with Gasteiger partial charge < -0.3 is 19.7 Å². The summed E-state index contributed by atoms with van der Waals surface area (Å²) >= 11 is 0. The van der Waals surface area contributed by atoms with E-state index >= 15 is 0 Å². The molecular formula is C16H33N3O2. The van der Waals surface area contributed by atoms with E-state index in [1.54, 1.807) is 7.11 Å². The molecule has 0 saturated carbocycles. The molecule has 0 bridgehead atoms. The van der Waals surface area contributed by atoms with Gasteiger partial charge in [0.2, 0.25) is 0 Å². The second-order valence-electron chi connectivity index (χ2n) is 5.23. The first-order valence-corrected chi connectivity index (χ1v) is 8.15. The van der Waals surface area contributed by atoms with Gasteiger partial charge in [0, 0.05) is 33.2 Å². The van der Waals surface area contributed by atoms with E-state index in [4.69, 9.17) is 14.7 Å². The number of hydrogen-bond acceptors (Lipinski definition) is 5. The zero-order valence-electron chi connectivity index (χ0n) is 13.9. The number of hydrogen-bond donors (Lipinski definition) is 1. The first kappa shape index (κ1) is 20.3. The Hall–Kier alpha value is -0.670. The Bertz CT molecular complexity index is 244. The van der Waals surface area contributed by atoms with Crippen LogP contribution in [0.1, 0.15) is 38.5 Å². The lowest BCUT2D eigenvalue weighted by molar-refractivity contribution is 0.103. The number of nitrogens with zero attached hydrogens (tertiary/aromatic N) is 2. The molecule has 0 heterocycles. The predicted octanol–water partition coefficient (Wildman–Crippen LogP) is 2.03. The number of rotatable bonds is 16. The average Bonchev–Trinajstić information content (AvgIpc) is 2.50. The minimum absolute atomic E-state index is 0.682. The van der Waals surface area contributed by atoms with Crippen LogP contribution in [0.3, 0.4) is 0 Å². The van der Waals surface area contributed by atoms with Crippen LogP contribution >= 0.6 is 0 Å². The van der Waals surface area contributed by atoms with Gasteiger partial charge in [0.15, 0.2) is 0 Å². The van der Waals surface area contributed by atoms with Crippen LogP contribution < -0.4 is 5.32 Å². The van der Waals surface area contributed by atoms with Gasteiger partial charge in [0.05, 0.1) is 19.3 Å². The maximum absolute atomic E-state index is 8.53. The van der Waals surface area contributed by atoms with E-state index in [1.807, 2.05) is 7.05 Å². The van der Waals surface area contributed by atoms with Crippen LogP contribution in [0, 0.1) is 11.3 Å². The van der Waals surface area contributed by atoms with Crippen molar-refractivity contribution in [1.82, 2.24) is 10.2 Å². The minimum atomic E-state index is 0.682. The van der Waals surface area contributed by atoms with E-state index in [1.165, 1.54) is 12.8 Å². The quantitative estimate of drug-likeness (QED) is 0.442. The summed E-state index contributed by atoms with van der Waals surface area (Å²) in [4.78, 5) is 2.47. The predicted molar refractivity (Wildman–Crippen MR) is 86.4 cm³/mol. The number of methoxy groups -OCH3 is 1. The summed E-state index contributed by atoms with van der Waals surface area (Å²) in [5, 5.41) is 11.6. The zero-order chi connectivity index (χ0) is 15.6. The van der Waals surface area contributed by atoms with E-state index in [-0.39, 0.29) is 0 Å². The third kappa shape index (κ3) is 15.5.